The van der Waals surface area contributed by atoms with E-state index in [1.165, 1.54) is 0 Å². The van der Waals surface area contributed by atoms with E-state index < -0.39 is 5.91 Å². The molecule has 0 spiro atoms. The zero-order chi connectivity index (χ0) is 17.1. The molecule has 124 valence electrons. The van der Waals surface area contributed by atoms with E-state index in [0.717, 1.165) is 28.8 Å². The number of halogens is 1. The molecule has 3 rings (SSSR count). The highest BCUT2D eigenvalue weighted by atomic mass is 79.9. The summed E-state index contributed by atoms with van der Waals surface area (Å²) >= 11 is 3.24. The van der Waals surface area contributed by atoms with E-state index in [9.17, 15) is 9.59 Å². The topological polar surface area (TPSA) is 89.6 Å². The van der Waals surface area contributed by atoms with Gasteiger partial charge in [-0.05, 0) is 53.2 Å². The van der Waals surface area contributed by atoms with Gasteiger partial charge in [-0.25, -0.2) is 0 Å². The predicted octanol–water partition coefficient (Wildman–Crippen LogP) is 2.44. The van der Waals surface area contributed by atoms with Gasteiger partial charge >= 0.3 is 0 Å². The number of carbonyl (C=O) groups is 2. The first-order valence-corrected chi connectivity index (χ1v) is 8.18. The van der Waals surface area contributed by atoms with Gasteiger partial charge in [-0.3, -0.25) is 25.4 Å². The van der Waals surface area contributed by atoms with E-state index in [0.29, 0.717) is 11.3 Å². The van der Waals surface area contributed by atoms with Crippen molar-refractivity contribution in [1.82, 2.24) is 15.8 Å². The van der Waals surface area contributed by atoms with Crippen molar-refractivity contribution in [3.05, 3.63) is 52.3 Å². The highest BCUT2D eigenvalue weighted by Gasteiger charge is 2.14. The van der Waals surface area contributed by atoms with Gasteiger partial charge in [0.05, 0.1) is 5.69 Å². The quantitative estimate of drug-likeness (QED) is 0.704. The van der Waals surface area contributed by atoms with Crippen LogP contribution in [0.4, 0.5) is 5.69 Å². The van der Waals surface area contributed by atoms with E-state index in [-0.39, 0.29) is 5.91 Å². The number of hydrogen-bond acceptors (Lipinski definition) is 4. The van der Waals surface area contributed by atoms with Crippen molar-refractivity contribution < 1.29 is 9.59 Å². The second-order valence-corrected chi connectivity index (χ2v) is 6.31. The molecule has 1 aliphatic rings. The number of hydrazine groups is 1. The van der Waals surface area contributed by atoms with Crippen LogP contribution < -0.4 is 15.9 Å². The van der Waals surface area contributed by atoms with Crippen molar-refractivity contribution in [2.75, 3.05) is 11.6 Å². The number of hydrogen-bond donors (Lipinski definition) is 3. The van der Waals surface area contributed by atoms with Crippen molar-refractivity contribution >= 4 is 39.1 Å². The maximum Gasteiger partial charge on any atom is 0.286 e. The summed E-state index contributed by atoms with van der Waals surface area (Å²) in [6, 6.07) is 8.69. The van der Waals surface area contributed by atoms with Gasteiger partial charge in [0, 0.05) is 34.9 Å². The van der Waals surface area contributed by atoms with E-state index >= 15 is 0 Å². The molecule has 24 heavy (non-hydrogen) atoms. The van der Waals surface area contributed by atoms with Crippen LogP contribution in [0.3, 0.4) is 0 Å². The Morgan fingerprint density at radius 1 is 1.21 bits per heavy atom. The van der Waals surface area contributed by atoms with E-state index in [4.69, 9.17) is 0 Å². The number of aromatic nitrogens is 1. The van der Waals surface area contributed by atoms with Crippen molar-refractivity contribution in [1.29, 1.82) is 0 Å². The Morgan fingerprint density at radius 3 is 2.50 bits per heavy atom. The maximum atomic E-state index is 12.1. The minimum atomic E-state index is -0.424. The third-order valence-corrected chi connectivity index (χ3v) is 4.04. The molecule has 1 aliphatic heterocycles. The predicted molar refractivity (Wildman–Crippen MR) is 94.9 cm³/mol. The SMILES string of the molecule is CC1=NN(c2ccc(C(=O)NNC(=O)c3cc(Br)c[nH]3)cc2)CC1. The first-order valence-electron chi connectivity index (χ1n) is 7.39. The van der Waals surface area contributed by atoms with Gasteiger partial charge in [-0.1, -0.05) is 0 Å². The van der Waals surface area contributed by atoms with Crippen LogP contribution >= 0.6 is 15.9 Å². The number of rotatable bonds is 3. The van der Waals surface area contributed by atoms with E-state index in [1.54, 1.807) is 24.4 Å². The number of hydrazone groups is 1. The summed E-state index contributed by atoms with van der Waals surface area (Å²) < 4.78 is 0.759. The highest BCUT2D eigenvalue weighted by Crippen LogP contribution is 2.19. The molecule has 0 saturated heterocycles. The molecule has 1 aromatic heterocycles. The van der Waals surface area contributed by atoms with Crippen LogP contribution in [0.25, 0.3) is 0 Å². The lowest BCUT2D eigenvalue weighted by molar-refractivity contribution is 0.0844. The first-order chi connectivity index (χ1) is 11.5. The molecule has 0 saturated carbocycles. The van der Waals surface area contributed by atoms with Gasteiger partial charge in [0.1, 0.15) is 5.69 Å². The maximum absolute atomic E-state index is 12.1. The van der Waals surface area contributed by atoms with Gasteiger partial charge in [-0.2, -0.15) is 5.10 Å². The average molecular weight is 390 g/mol. The number of benzene rings is 1. The summed E-state index contributed by atoms with van der Waals surface area (Å²) in [5, 5.41) is 6.32. The van der Waals surface area contributed by atoms with Gasteiger partial charge < -0.3 is 4.98 Å². The minimum Gasteiger partial charge on any atom is -0.356 e. The Labute approximate surface area is 147 Å². The molecular weight excluding hydrogens is 374 g/mol. The smallest absolute Gasteiger partial charge is 0.286 e. The fraction of sp³-hybridized carbons (Fsp3) is 0.188. The number of H-pyrrole nitrogens is 1. The molecule has 1 aromatic carbocycles. The summed E-state index contributed by atoms with van der Waals surface area (Å²) in [5.74, 6) is -0.811. The number of aromatic amines is 1. The number of anilines is 1. The number of carbonyl (C=O) groups excluding carboxylic acids is 2. The zero-order valence-electron chi connectivity index (χ0n) is 13.0. The average Bonchev–Trinajstić information content (AvgIpc) is 3.21. The molecule has 0 bridgehead atoms. The molecule has 2 amide bonds. The molecule has 7 nitrogen and oxygen atoms in total. The van der Waals surface area contributed by atoms with Crippen molar-refractivity contribution in [2.45, 2.75) is 13.3 Å². The van der Waals surface area contributed by atoms with Crippen LogP contribution in [-0.2, 0) is 0 Å². The largest absolute Gasteiger partial charge is 0.356 e. The normalized spacial score (nSPS) is 13.6. The monoisotopic (exact) mass is 389 g/mol. The molecule has 0 aliphatic carbocycles. The van der Waals surface area contributed by atoms with Crippen LogP contribution in [0, 0.1) is 0 Å². The summed E-state index contributed by atoms with van der Waals surface area (Å²) in [4.78, 5) is 26.7. The standard InChI is InChI=1S/C16H16BrN5O2/c1-10-6-7-22(21-10)13-4-2-11(3-5-13)15(23)19-20-16(24)14-8-12(17)9-18-14/h2-5,8-9,18H,6-7H2,1H3,(H,19,23)(H,20,24). The van der Waals surface area contributed by atoms with Gasteiger partial charge in [0.15, 0.2) is 0 Å². The van der Waals surface area contributed by atoms with E-state index in [1.807, 2.05) is 24.1 Å². The molecule has 2 heterocycles. The molecule has 0 radical (unpaired) electrons. The van der Waals surface area contributed by atoms with Crippen molar-refractivity contribution in [3.63, 3.8) is 0 Å². The molecule has 0 atom stereocenters. The van der Waals surface area contributed by atoms with Crippen LogP contribution in [0.15, 0.2) is 46.1 Å². The Morgan fingerprint density at radius 2 is 1.92 bits per heavy atom. The van der Waals surface area contributed by atoms with Gasteiger partial charge in [0.2, 0.25) is 0 Å². The van der Waals surface area contributed by atoms with Crippen LogP contribution in [-0.4, -0.2) is 29.1 Å². The number of nitrogens with zero attached hydrogens (tertiary/aromatic N) is 2. The van der Waals surface area contributed by atoms with Gasteiger partial charge in [-0.15, -0.1) is 0 Å². The first kappa shape index (κ1) is 16.3. The molecule has 0 fully saturated rings. The third-order valence-electron chi connectivity index (χ3n) is 3.59. The summed E-state index contributed by atoms with van der Waals surface area (Å²) in [6.45, 7) is 2.84. The Bertz CT molecular complexity index is 797. The Balaban J connectivity index is 1.58. The third kappa shape index (κ3) is 3.65. The summed E-state index contributed by atoms with van der Waals surface area (Å²) in [6.07, 6.45) is 2.58. The van der Waals surface area contributed by atoms with Crippen molar-refractivity contribution in [2.24, 2.45) is 5.10 Å². The lowest BCUT2D eigenvalue weighted by atomic mass is 10.2. The molecule has 2 aromatic rings. The summed E-state index contributed by atoms with van der Waals surface area (Å²) in [5.41, 5.74) is 7.58. The molecule has 8 heteroatoms. The Kier molecular flexibility index (Phi) is 4.66. The number of amides is 2. The number of nitrogens with one attached hydrogen (secondary N) is 3. The highest BCUT2D eigenvalue weighted by molar-refractivity contribution is 9.10. The minimum absolute atomic E-state index is 0.347. The lowest BCUT2D eigenvalue weighted by Gasteiger charge is -2.14. The van der Waals surface area contributed by atoms with Crippen molar-refractivity contribution in [3.8, 4) is 0 Å². The molecule has 3 N–H and O–H groups in total. The second kappa shape index (κ2) is 6.88. The fourth-order valence-electron chi connectivity index (χ4n) is 2.30. The lowest BCUT2D eigenvalue weighted by Crippen LogP contribution is -2.41. The van der Waals surface area contributed by atoms with Gasteiger partial charge in [0.25, 0.3) is 11.8 Å². The molecular formula is C16H16BrN5O2. The molecule has 0 unspecified atom stereocenters. The van der Waals surface area contributed by atoms with Crippen LogP contribution in [0.1, 0.15) is 34.2 Å². The fourth-order valence-corrected chi connectivity index (χ4v) is 2.64. The Hall–Kier alpha value is -2.61. The summed E-state index contributed by atoms with van der Waals surface area (Å²) in [7, 11) is 0. The van der Waals surface area contributed by atoms with Crippen LogP contribution in [0.5, 0.6) is 0 Å². The zero-order valence-corrected chi connectivity index (χ0v) is 14.6. The van der Waals surface area contributed by atoms with Crippen LogP contribution in [0.2, 0.25) is 0 Å². The van der Waals surface area contributed by atoms with E-state index in [2.05, 4.69) is 36.9 Å². The second-order valence-electron chi connectivity index (χ2n) is 5.40.